The Morgan fingerprint density at radius 2 is 1.91 bits per heavy atom. The highest BCUT2D eigenvalue weighted by Gasteiger charge is 2.11. The van der Waals surface area contributed by atoms with Gasteiger partial charge in [-0.3, -0.25) is 4.79 Å². The van der Waals surface area contributed by atoms with Crippen LogP contribution < -0.4 is 10.1 Å². The van der Waals surface area contributed by atoms with Crippen molar-refractivity contribution in [2.75, 3.05) is 12.4 Å². The van der Waals surface area contributed by atoms with E-state index in [4.69, 9.17) is 4.74 Å². The average Bonchev–Trinajstić information content (AvgIpc) is 2.55. The van der Waals surface area contributed by atoms with Crippen LogP contribution in [0.5, 0.6) is 5.75 Å². The maximum Gasteiger partial charge on any atom is 0.266 e. The third-order valence-corrected chi connectivity index (χ3v) is 3.63. The fourth-order valence-electron chi connectivity index (χ4n) is 1.82. The van der Waals surface area contributed by atoms with Crippen molar-refractivity contribution in [3.8, 4) is 11.8 Å². The zero-order valence-corrected chi connectivity index (χ0v) is 14.0. The summed E-state index contributed by atoms with van der Waals surface area (Å²) in [6.07, 6.45) is 1.51. The molecule has 0 heterocycles. The first-order valence-electron chi connectivity index (χ1n) is 6.46. The molecule has 0 aliphatic rings. The molecule has 0 aliphatic heterocycles. The predicted octanol–water partition coefficient (Wildman–Crippen LogP) is 3.85. The maximum absolute atomic E-state index is 12.2. The highest BCUT2D eigenvalue weighted by Crippen LogP contribution is 2.21. The number of rotatable bonds is 4. The molecule has 2 aromatic rings. The Morgan fingerprint density at radius 1 is 1.23 bits per heavy atom. The van der Waals surface area contributed by atoms with Crippen LogP contribution in [0.3, 0.4) is 0 Å². The van der Waals surface area contributed by atoms with E-state index in [9.17, 15) is 10.1 Å². The molecule has 1 amide bonds. The van der Waals surface area contributed by atoms with Crippen LogP contribution in [-0.2, 0) is 4.79 Å². The fraction of sp³-hybridized carbons (Fsp3) is 0.0588. The van der Waals surface area contributed by atoms with Gasteiger partial charge in [0, 0.05) is 14.8 Å². The molecule has 2 rings (SSSR count). The highest BCUT2D eigenvalue weighted by molar-refractivity contribution is 14.1. The molecule has 0 aromatic heterocycles. The van der Waals surface area contributed by atoms with Crippen LogP contribution in [0.4, 0.5) is 5.69 Å². The van der Waals surface area contributed by atoms with Gasteiger partial charge < -0.3 is 10.1 Å². The van der Waals surface area contributed by atoms with Gasteiger partial charge in [-0.05, 0) is 59.0 Å². The summed E-state index contributed by atoms with van der Waals surface area (Å²) in [7, 11) is 1.55. The highest BCUT2D eigenvalue weighted by atomic mass is 127. The monoisotopic (exact) mass is 404 g/mol. The molecule has 0 atom stereocenters. The van der Waals surface area contributed by atoms with Crippen molar-refractivity contribution >= 4 is 40.3 Å². The number of amides is 1. The Kier molecular flexibility index (Phi) is 5.55. The third-order valence-electron chi connectivity index (χ3n) is 2.91. The molecule has 0 saturated carbocycles. The lowest BCUT2D eigenvalue weighted by molar-refractivity contribution is -0.112. The molecule has 5 heteroatoms. The van der Waals surface area contributed by atoms with E-state index in [0.29, 0.717) is 17.0 Å². The van der Waals surface area contributed by atoms with Crippen molar-refractivity contribution in [1.29, 1.82) is 5.26 Å². The number of nitrogens with zero attached hydrogens (tertiary/aromatic N) is 1. The third kappa shape index (κ3) is 4.09. The average molecular weight is 404 g/mol. The van der Waals surface area contributed by atoms with Gasteiger partial charge in [0.1, 0.15) is 17.4 Å². The first-order valence-corrected chi connectivity index (χ1v) is 7.53. The van der Waals surface area contributed by atoms with Gasteiger partial charge in [-0.25, -0.2) is 0 Å². The predicted molar refractivity (Wildman–Crippen MR) is 94.4 cm³/mol. The Morgan fingerprint density at radius 3 is 2.55 bits per heavy atom. The van der Waals surface area contributed by atoms with Crippen LogP contribution in [-0.4, -0.2) is 13.0 Å². The minimum absolute atomic E-state index is 0.0167. The van der Waals surface area contributed by atoms with E-state index in [0.717, 1.165) is 3.57 Å². The van der Waals surface area contributed by atoms with Crippen molar-refractivity contribution in [3.05, 3.63) is 63.2 Å². The SMILES string of the molecule is COc1ccccc1/C=C(\C#N)C(=O)Nc1ccc(I)cc1. The Labute approximate surface area is 142 Å². The van der Waals surface area contributed by atoms with Gasteiger partial charge in [0.05, 0.1) is 7.11 Å². The first kappa shape index (κ1) is 16.0. The van der Waals surface area contributed by atoms with Crippen LogP contribution in [0.25, 0.3) is 6.08 Å². The van der Waals surface area contributed by atoms with E-state index in [2.05, 4.69) is 27.9 Å². The lowest BCUT2D eigenvalue weighted by atomic mass is 10.1. The number of carbonyl (C=O) groups excluding carboxylic acids is 1. The first-order chi connectivity index (χ1) is 10.6. The quantitative estimate of drug-likeness (QED) is 0.479. The molecule has 110 valence electrons. The molecule has 0 unspecified atom stereocenters. The van der Waals surface area contributed by atoms with E-state index in [1.165, 1.54) is 6.08 Å². The van der Waals surface area contributed by atoms with E-state index in [-0.39, 0.29) is 5.57 Å². The molecule has 0 aliphatic carbocycles. The van der Waals surface area contributed by atoms with Crippen LogP contribution in [0.1, 0.15) is 5.56 Å². The molecule has 4 nitrogen and oxygen atoms in total. The fourth-order valence-corrected chi connectivity index (χ4v) is 2.18. The Balaban J connectivity index is 2.24. The molecule has 2 aromatic carbocycles. The minimum Gasteiger partial charge on any atom is -0.496 e. The number of nitriles is 1. The van der Waals surface area contributed by atoms with Gasteiger partial charge in [0.2, 0.25) is 0 Å². The summed E-state index contributed by atoms with van der Waals surface area (Å²) < 4.78 is 6.29. The zero-order chi connectivity index (χ0) is 15.9. The van der Waals surface area contributed by atoms with E-state index in [1.807, 2.05) is 30.3 Å². The molecule has 0 bridgehead atoms. The Hall–Kier alpha value is -2.33. The van der Waals surface area contributed by atoms with Crippen LogP contribution >= 0.6 is 22.6 Å². The number of hydrogen-bond acceptors (Lipinski definition) is 3. The van der Waals surface area contributed by atoms with Gasteiger partial charge in [0.15, 0.2) is 0 Å². The molecule has 0 saturated heterocycles. The smallest absolute Gasteiger partial charge is 0.266 e. The molecule has 0 fully saturated rings. The number of halogens is 1. The number of benzene rings is 2. The lowest BCUT2D eigenvalue weighted by Gasteiger charge is -2.06. The molecule has 22 heavy (non-hydrogen) atoms. The Bertz CT molecular complexity index is 746. The second-order valence-electron chi connectivity index (χ2n) is 4.37. The molecular formula is C17H13IN2O2. The normalized spacial score (nSPS) is 10.7. The van der Waals surface area contributed by atoms with Gasteiger partial charge in [-0.2, -0.15) is 5.26 Å². The number of hydrogen-bond donors (Lipinski definition) is 1. The van der Waals surface area contributed by atoms with Gasteiger partial charge in [-0.1, -0.05) is 18.2 Å². The van der Waals surface area contributed by atoms with Crippen molar-refractivity contribution in [2.24, 2.45) is 0 Å². The number of carbonyl (C=O) groups is 1. The molecule has 0 radical (unpaired) electrons. The van der Waals surface area contributed by atoms with Gasteiger partial charge in [-0.15, -0.1) is 0 Å². The number of ether oxygens (including phenoxy) is 1. The van der Waals surface area contributed by atoms with Crippen molar-refractivity contribution in [3.63, 3.8) is 0 Å². The standard InChI is InChI=1S/C17H13IN2O2/c1-22-16-5-3-2-4-12(16)10-13(11-19)17(21)20-15-8-6-14(18)7-9-15/h2-10H,1H3,(H,20,21)/b13-10+. The van der Waals surface area contributed by atoms with Crippen LogP contribution in [0.15, 0.2) is 54.1 Å². The minimum atomic E-state index is -0.449. The van der Waals surface area contributed by atoms with Crippen molar-refractivity contribution in [1.82, 2.24) is 0 Å². The molecular weight excluding hydrogens is 391 g/mol. The maximum atomic E-state index is 12.2. The van der Waals surface area contributed by atoms with Gasteiger partial charge >= 0.3 is 0 Å². The lowest BCUT2D eigenvalue weighted by Crippen LogP contribution is -2.13. The molecule has 1 N–H and O–H groups in total. The topological polar surface area (TPSA) is 62.1 Å². The van der Waals surface area contributed by atoms with Crippen LogP contribution in [0, 0.1) is 14.9 Å². The number of nitrogens with one attached hydrogen (secondary N) is 1. The summed E-state index contributed by atoms with van der Waals surface area (Å²) in [5.74, 6) is 0.159. The van der Waals surface area contributed by atoms with Crippen molar-refractivity contribution < 1.29 is 9.53 Å². The number of anilines is 1. The van der Waals surface area contributed by atoms with E-state index in [1.54, 1.807) is 31.4 Å². The summed E-state index contributed by atoms with van der Waals surface area (Å²) in [4.78, 5) is 12.2. The van der Waals surface area contributed by atoms with E-state index >= 15 is 0 Å². The summed E-state index contributed by atoms with van der Waals surface area (Å²) in [5.41, 5.74) is 1.34. The zero-order valence-electron chi connectivity index (χ0n) is 11.8. The summed E-state index contributed by atoms with van der Waals surface area (Å²) in [6.45, 7) is 0. The van der Waals surface area contributed by atoms with Crippen molar-refractivity contribution in [2.45, 2.75) is 0 Å². The number of methoxy groups -OCH3 is 1. The number of para-hydroxylation sites is 1. The van der Waals surface area contributed by atoms with E-state index < -0.39 is 5.91 Å². The summed E-state index contributed by atoms with van der Waals surface area (Å²) in [6, 6.07) is 16.5. The summed E-state index contributed by atoms with van der Waals surface area (Å²) in [5, 5.41) is 11.9. The molecule has 0 spiro atoms. The second-order valence-corrected chi connectivity index (χ2v) is 5.62. The van der Waals surface area contributed by atoms with Crippen LogP contribution in [0.2, 0.25) is 0 Å². The van der Waals surface area contributed by atoms with Gasteiger partial charge in [0.25, 0.3) is 5.91 Å². The second kappa shape index (κ2) is 7.61. The summed E-state index contributed by atoms with van der Waals surface area (Å²) >= 11 is 2.18. The largest absolute Gasteiger partial charge is 0.496 e.